The fourth-order valence-electron chi connectivity index (χ4n) is 2.50. The second-order valence-corrected chi connectivity index (χ2v) is 5.36. The van der Waals surface area contributed by atoms with Crippen molar-refractivity contribution in [1.82, 2.24) is 24.8 Å². The lowest BCUT2D eigenvalue weighted by atomic mass is 10.3. The Hall–Kier alpha value is -2.96. The minimum atomic E-state index is -0.202. The van der Waals surface area contributed by atoms with E-state index in [1.54, 1.807) is 10.9 Å². The van der Waals surface area contributed by atoms with Gasteiger partial charge >= 0.3 is 0 Å². The van der Waals surface area contributed by atoms with Crippen LogP contribution in [0.3, 0.4) is 0 Å². The summed E-state index contributed by atoms with van der Waals surface area (Å²) >= 11 is 0. The number of hydrogen-bond acceptors (Lipinski definition) is 4. The van der Waals surface area contributed by atoms with Crippen molar-refractivity contribution in [3.63, 3.8) is 0 Å². The highest BCUT2D eigenvalue weighted by Gasteiger charge is 2.10. The van der Waals surface area contributed by atoms with Gasteiger partial charge < -0.3 is 4.57 Å². The van der Waals surface area contributed by atoms with Crippen molar-refractivity contribution in [2.45, 2.75) is 20.4 Å². The molecule has 1 amide bonds. The van der Waals surface area contributed by atoms with E-state index in [1.165, 1.54) is 0 Å². The van der Waals surface area contributed by atoms with Gasteiger partial charge in [-0.05, 0) is 32.0 Å². The summed E-state index contributed by atoms with van der Waals surface area (Å²) in [6, 6.07) is 9.63. The third-order valence-corrected chi connectivity index (χ3v) is 3.57. The molecule has 23 heavy (non-hydrogen) atoms. The maximum atomic E-state index is 12.1. The summed E-state index contributed by atoms with van der Waals surface area (Å²) in [5.74, 6) is 0.596. The molecule has 0 unspecified atom stereocenters. The van der Waals surface area contributed by atoms with Gasteiger partial charge in [-0.25, -0.2) is 10.4 Å². The number of nitrogens with one attached hydrogen (secondary N) is 1. The predicted octanol–water partition coefficient (Wildman–Crippen LogP) is 1.54. The van der Waals surface area contributed by atoms with E-state index in [0.29, 0.717) is 0 Å². The summed E-state index contributed by atoms with van der Waals surface area (Å²) in [5.41, 5.74) is 6.09. The molecule has 3 aromatic rings. The van der Waals surface area contributed by atoms with Crippen LogP contribution in [0.2, 0.25) is 0 Å². The molecule has 2 heterocycles. The van der Waals surface area contributed by atoms with Gasteiger partial charge in [0.05, 0.1) is 28.6 Å². The maximum Gasteiger partial charge on any atom is 0.260 e. The van der Waals surface area contributed by atoms with Crippen molar-refractivity contribution in [3.05, 3.63) is 47.5 Å². The first-order chi connectivity index (χ1) is 11.0. The number of carbonyl (C=O) groups is 1. The van der Waals surface area contributed by atoms with E-state index in [2.05, 4.69) is 20.6 Å². The summed E-state index contributed by atoms with van der Waals surface area (Å²) in [5, 5.41) is 8.20. The van der Waals surface area contributed by atoms with E-state index in [-0.39, 0.29) is 12.5 Å². The Morgan fingerprint density at radius 1 is 1.35 bits per heavy atom. The van der Waals surface area contributed by atoms with Crippen LogP contribution in [-0.4, -0.2) is 31.5 Å². The summed E-state index contributed by atoms with van der Waals surface area (Å²) in [6.45, 7) is 3.96. The number of benzene rings is 1. The molecule has 0 aliphatic carbocycles. The average molecular weight is 310 g/mol. The van der Waals surface area contributed by atoms with Crippen LogP contribution in [0.1, 0.15) is 17.2 Å². The van der Waals surface area contributed by atoms with Gasteiger partial charge in [-0.1, -0.05) is 12.1 Å². The van der Waals surface area contributed by atoms with Crippen LogP contribution in [0, 0.1) is 13.8 Å². The molecule has 0 saturated carbocycles. The minimum Gasteiger partial charge on any atom is -0.319 e. The zero-order valence-electron chi connectivity index (χ0n) is 13.3. The second kappa shape index (κ2) is 6.04. The number of hydrogen-bond donors (Lipinski definition) is 1. The largest absolute Gasteiger partial charge is 0.319 e. The standard InChI is InChI=1S/C16H18N6O/c1-11-8-13(21(3)20-11)9-17-19-16(23)10-22-12(2)18-14-6-4-5-7-15(14)22/h4-9H,10H2,1-3H3,(H,19,23). The van der Waals surface area contributed by atoms with Gasteiger partial charge in [-0.3, -0.25) is 9.48 Å². The Labute approximate surface area is 133 Å². The lowest BCUT2D eigenvalue weighted by Gasteiger charge is -2.05. The highest BCUT2D eigenvalue weighted by atomic mass is 16.2. The van der Waals surface area contributed by atoms with Crippen molar-refractivity contribution < 1.29 is 4.79 Å². The highest BCUT2D eigenvalue weighted by molar-refractivity contribution is 5.83. The second-order valence-electron chi connectivity index (χ2n) is 5.36. The quantitative estimate of drug-likeness (QED) is 0.586. The van der Waals surface area contributed by atoms with Gasteiger partial charge in [0.15, 0.2) is 0 Å². The number of nitrogens with zero attached hydrogens (tertiary/aromatic N) is 5. The van der Waals surface area contributed by atoms with E-state index >= 15 is 0 Å². The predicted molar refractivity (Wildman–Crippen MR) is 88.2 cm³/mol. The highest BCUT2D eigenvalue weighted by Crippen LogP contribution is 2.14. The number of hydrazone groups is 1. The van der Waals surface area contributed by atoms with Gasteiger partial charge in [0.25, 0.3) is 5.91 Å². The van der Waals surface area contributed by atoms with Crippen molar-refractivity contribution in [1.29, 1.82) is 0 Å². The molecule has 7 nitrogen and oxygen atoms in total. The molecule has 0 bridgehead atoms. The molecule has 1 aromatic carbocycles. The van der Waals surface area contributed by atoms with Gasteiger partial charge in [0.2, 0.25) is 0 Å². The molecule has 0 fully saturated rings. The molecule has 118 valence electrons. The minimum absolute atomic E-state index is 0.175. The third-order valence-electron chi connectivity index (χ3n) is 3.57. The number of fused-ring (bicyclic) bond motifs is 1. The van der Waals surface area contributed by atoms with Crippen LogP contribution in [0.5, 0.6) is 0 Å². The van der Waals surface area contributed by atoms with Crippen LogP contribution in [0.4, 0.5) is 0 Å². The monoisotopic (exact) mass is 310 g/mol. The summed E-state index contributed by atoms with van der Waals surface area (Å²) in [7, 11) is 1.83. The summed E-state index contributed by atoms with van der Waals surface area (Å²) in [4.78, 5) is 16.5. The average Bonchev–Trinajstić information content (AvgIpc) is 2.99. The first kappa shape index (κ1) is 15.0. The molecule has 3 rings (SSSR count). The first-order valence-electron chi connectivity index (χ1n) is 7.29. The third kappa shape index (κ3) is 3.13. The fourth-order valence-corrected chi connectivity index (χ4v) is 2.50. The molecule has 0 aliphatic rings. The summed E-state index contributed by atoms with van der Waals surface area (Å²) < 4.78 is 3.58. The van der Waals surface area contributed by atoms with Crippen molar-refractivity contribution in [2.24, 2.45) is 12.1 Å². The number of rotatable bonds is 4. The molecule has 0 saturated heterocycles. The van der Waals surface area contributed by atoms with Gasteiger partial charge in [0.1, 0.15) is 12.4 Å². The lowest BCUT2D eigenvalue weighted by Crippen LogP contribution is -2.23. The van der Waals surface area contributed by atoms with Gasteiger partial charge in [0, 0.05) is 7.05 Å². The van der Waals surface area contributed by atoms with Gasteiger partial charge in [-0.15, -0.1) is 0 Å². The molecular formula is C16H18N6O. The number of carbonyl (C=O) groups excluding carboxylic acids is 1. The number of imidazole rings is 1. The Kier molecular flexibility index (Phi) is 3.92. The number of para-hydroxylation sites is 2. The van der Waals surface area contributed by atoms with Crippen molar-refractivity contribution >= 4 is 23.2 Å². The zero-order chi connectivity index (χ0) is 16.4. The molecule has 0 aliphatic heterocycles. The molecule has 1 N–H and O–H groups in total. The van der Waals surface area contributed by atoms with Crippen LogP contribution < -0.4 is 5.43 Å². The molecular weight excluding hydrogens is 292 g/mol. The van der Waals surface area contributed by atoms with Crippen LogP contribution in [0.15, 0.2) is 35.4 Å². The van der Waals surface area contributed by atoms with E-state index in [9.17, 15) is 4.79 Å². The lowest BCUT2D eigenvalue weighted by molar-refractivity contribution is -0.121. The van der Waals surface area contributed by atoms with E-state index in [1.807, 2.05) is 55.8 Å². The smallest absolute Gasteiger partial charge is 0.260 e. The first-order valence-corrected chi connectivity index (χ1v) is 7.29. The number of amides is 1. The van der Waals surface area contributed by atoms with Crippen LogP contribution in [0.25, 0.3) is 11.0 Å². The van der Waals surface area contributed by atoms with E-state index in [4.69, 9.17) is 0 Å². The van der Waals surface area contributed by atoms with Gasteiger partial charge in [-0.2, -0.15) is 10.2 Å². The van der Waals surface area contributed by atoms with Crippen molar-refractivity contribution in [2.75, 3.05) is 0 Å². The molecule has 0 radical (unpaired) electrons. The van der Waals surface area contributed by atoms with Crippen molar-refractivity contribution in [3.8, 4) is 0 Å². The van der Waals surface area contributed by atoms with E-state index < -0.39 is 0 Å². The fraction of sp³-hybridized carbons (Fsp3) is 0.250. The Morgan fingerprint density at radius 2 is 2.13 bits per heavy atom. The molecule has 2 aromatic heterocycles. The Balaban J connectivity index is 1.69. The maximum absolute atomic E-state index is 12.1. The topological polar surface area (TPSA) is 77.1 Å². The number of aryl methyl sites for hydroxylation is 3. The zero-order valence-corrected chi connectivity index (χ0v) is 13.3. The summed E-state index contributed by atoms with van der Waals surface area (Å²) in [6.07, 6.45) is 1.58. The molecule has 0 spiro atoms. The SMILES string of the molecule is Cc1cc(C=NNC(=O)Cn2c(C)nc3ccccc32)n(C)n1. The van der Waals surface area contributed by atoms with Crippen LogP contribution >= 0.6 is 0 Å². The Bertz CT molecular complexity index is 889. The Morgan fingerprint density at radius 3 is 2.87 bits per heavy atom. The normalized spacial score (nSPS) is 11.4. The van der Waals surface area contributed by atoms with E-state index in [0.717, 1.165) is 28.2 Å². The van der Waals surface area contributed by atoms with Crippen LogP contribution in [-0.2, 0) is 18.4 Å². The number of aromatic nitrogens is 4. The molecule has 7 heteroatoms. The molecule has 0 atom stereocenters.